The zero-order chi connectivity index (χ0) is 14.8. The van der Waals surface area contributed by atoms with E-state index in [9.17, 15) is 13.2 Å². The number of rotatable bonds is 4. The number of benzene rings is 1. The van der Waals surface area contributed by atoms with E-state index in [0.717, 1.165) is 36.2 Å². The fourth-order valence-corrected chi connectivity index (χ4v) is 3.07. The molecule has 1 fully saturated rings. The molecule has 2 aromatic rings. The van der Waals surface area contributed by atoms with Crippen molar-refractivity contribution in [2.24, 2.45) is 0 Å². The van der Waals surface area contributed by atoms with Crippen molar-refractivity contribution >= 4 is 17.0 Å². The third-order valence-corrected chi connectivity index (χ3v) is 4.23. The number of aromatic nitrogens is 1. The molecule has 0 aliphatic carbocycles. The fourth-order valence-electron chi connectivity index (χ4n) is 2.17. The molecule has 0 saturated carbocycles. The van der Waals surface area contributed by atoms with Crippen molar-refractivity contribution in [3.8, 4) is 0 Å². The summed E-state index contributed by atoms with van der Waals surface area (Å²) in [5.41, 5.74) is 0.634. The summed E-state index contributed by atoms with van der Waals surface area (Å²) >= 11 is 1.49. The van der Waals surface area contributed by atoms with E-state index in [4.69, 9.17) is 4.74 Å². The highest BCUT2D eigenvalue weighted by molar-refractivity contribution is 7.09. The Kier molecular flexibility index (Phi) is 4.12. The largest absolute Gasteiger partial charge is 0.377 e. The average Bonchev–Trinajstić information content (AvgIpc) is 3.11. The molecule has 0 amide bonds. The molecule has 1 unspecified atom stereocenters. The highest BCUT2D eigenvalue weighted by atomic mass is 32.1. The Bertz CT molecular complexity index is 641. The van der Waals surface area contributed by atoms with Gasteiger partial charge in [-0.15, -0.1) is 11.3 Å². The van der Waals surface area contributed by atoms with Crippen LogP contribution in [-0.4, -0.2) is 11.6 Å². The summed E-state index contributed by atoms with van der Waals surface area (Å²) in [6, 6.07) is 1.33. The molecule has 1 saturated heterocycles. The second kappa shape index (κ2) is 6.03. The van der Waals surface area contributed by atoms with Gasteiger partial charge in [0.2, 0.25) is 0 Å². The Balaban J connectivity index is 1.66. The Labute approximate surface area is 123 Å². The molecule has 1 N–H and O–H groups in total. The molecule has 0 radical (unpaired) electrons. The van der Waals surface area contributed by atoms with Crippen LogP contribution in [0.1, 0.15) is 29.6 Å². The van der Waals surface area contributed by atoms with Crippen molar-refractivity contribution in [2.45, 2.75) is 25.5 Å². The first kappa shape index (κ1) is 14.3. The zero-order valence-electron chi connectivity index (χ0n) is 11.0. The summed E-state index contributed by atoms with van der Waals surface area (Å²) in [5.74, 6) is -3.12. The van der Waals surface area contributed by atoms with Crippen LogP contribution in [0.25, 0.3) is 0 Å². The zero-order valence-corrected chi connectivity index (χ0v) is 11.9. The van der Waals surface area contributed by atoms with Gasteiger partial charge in [-0.3, -0.25) is 0 Å². The van der Waals surface area contributed by atoms with Gasteiger partial charge in [0, 0.05) is 24.1 Å². The normalized spacial score (nSPS) is 18.1. The summed E-state index contributed by atoms with van der Waals surface area (Å²) < 4.78 is 44.9. The van der Waals surface area contributed by atoms with Crippen molar-refractivity contribution in [1.29, 1.82) is 0 Å². The minimum Gasteiger partial charge on any atom is -0.377 e. The second-order valence-electron chi connectivity index (χ2n) is 4.78. The van der Waals surface area contributed by atoms with Crippen LogP contribution in [0.3, 0.4) is 0 Å². The van der Waals surface area contributed by atoms with Crippen LogP contribution in [0.2, 0.25) is 0 Å². The quantitative estimate of drug-likeness (QED) is 0.865. The molecule has 3 nitrogen and oxygen atoms in total. The van der Waals surface area contributed by atoms with E-state index in [-0.39, 0.29) is 18.3 Å². The summed E-state index contributed by atoms with van der Waals surface area (Å²) in [4.78, 5) is 4.42. The molecular formula is C14H13F3N2OS. The minimum atomic E-state index is -1.20. The number of nitrogens with one attached hydrogen (secondary N) is 1. The molecule has 7 heteroatoms. The lowest BCUT2D eigenvalue weighted by atomic mass is 10.2. The smallest absolute Gasteiger partial charge is 0.161 e. The van der Waals surface area contributed by atoms with Crippen molar-refractivity contribution in [1.82, 2.24) is 4.98 Å². The van der Waals surface area contributed by atoms with Crippen molar-refractivity contribution in [3.63, 3.8) is 0 Å². The Morgan fingerprint density at radius 2 is 2.05 bits per heavy atom. The predicted molar refractivity (Wildman–Crippen MR) is 73.7 cm³/mol. The fraction of sp³-hybridized carbons (Fsp3) is 0.357. The molecular weight excluding hydrogens is 301 g/mol. The van der Waals surface area contributed by atoms with Crippen molar-refractivity contribution in [2.75, 3.05) is 11.9 Å². The third kappa shape index (κ3) is 3.19. The van der Waals surface area contributed by atoms with Crippen LogP contribution in [0.15, 0.2) is 17.5 Å². The van der Waals surface area contributed by atoms with E-state index >= 15 is 0 Å². The van der Waals surface area contributed by atoms with E-state index in [0.29, 0.717) is 6.07 Å². The number of hydrogen-bond acceptors (Lipinski definition) is 4. The second-order valence-corrected chi connectivity index (χ2v) is 5.67. The number of anilines is 1. The number of ether oxygens (including phenoxy) is 1. The van der Waals surface area contributed by atoms with E-state index in [1.54, 1.807) is 0 Å². The van der Waals surface area contributed by atoms with Crippen LogP contribution < -0.4 is 5.32 Å². The number of nitrogens with zero attached hydrogens (tertiary/aromatic N) is 1. The van der Waals surface area contributed by atoms with E-state index < -0.39 is 17.5 Å². The molecule has 2 heterocycles. The monoisotopic (exact) mass is 314 g/mol. The van der Waals surface area contributed by atoms with Gasteiger partial charge in [0.25, 0.3) is 0 Å². The maximum absolute atomic E-state index is 13.5. The summed E-state index contributed by atoms with van der Waals surface area (Å²) in [6.07, 6.45) is 2.03. The van der Waals surface area contributed by atoms with Gasteiger partial charge in [-0.05, 0) is 12.8 Å². The van der Waals surface area contributed by atoms with Crippen LogP contribution >= 0.6 is 11.3 Å². The molecule has 0 spiro atoms. The lowest BCUT2D eigenvalue weighted by molar-refractivity contribution is 0.111. The first-order chi connectivity index (χ1) is 10.1. The number of hydrogen-bond donors (Lipinski definition) is 1. The van der Waals surface area contributed by atoms with E-state index in [1.165, 1.54) is 11.3 Å². The highest BCUT2D eigenvalue weighted by Gasteiger charge is 2.20. The van der Waals surface area contributed by atoms with E-state index in [2.05, 4.69) is 10.3 Å². The van der Waals surface area contributed by atoms with Crippen LogP contribution in [-0.2, 0) is 11.3 Å². The van der Waals surface area contributed by atoms with Crippen LogP contribution in [0, 0.1) is 17.5 Å². The lowest BCUT2D eigenvalue weighted by Gasteiger charge is -2.07. The van der Waals surface area contributed by atoms with Gasteiger partial charge in [0.1, 0.15) is 16.9 Å². The molecule has 0 bridgehead atoms. The van der Waals surface area contributed by atoms with Gasteiger partial charge in [-0.2, -0.15) is 0 Å². The highest BCUT2D eigenvalue weighted by Crippen LogP contribution is 2.30. The molecule has 112 valence electrons. The predicted octanol–water partition coefficient (Wildman–Crippen LogP) is 4.02. The standard InChI is InChI=1S/C14H13F3N2OS/c15-9-4-11(17)12(5-10(9)16)18-6-8-7-21-14(19-8)13-2-1-3-20-13/h4-5,7,13,18H,1-3,6H2. The molecule has 21 heavy (non-hydrogen) atoms. The van der Waals surface area contributed by atoms with Crippen molar-refractivity contribution < 1.29 is 17.9 Å². The van der Waals surface area contributed by atoms with Crippen LogP contribution in [0.5, 0.6) is 0 Å². The number of halogens is 3. The van der Waals surface area contributed by atoms with Crippen LogP contribution in [0.4, 0.5) is 18.9 Å². The molecule has 1 aliphatic heterocycles. The summed E-state index contributed by atoms with van der Waals surface area (Å²) in [6.45, 7) is 0.989. The Hall–Kier alpha value is -1.60. The van der Waals surface area contributed by atoms with Gasteiger partial charge in [0.15, 0.2) is 11.6 Å². The lowest BCUT2D eigenvalue weighted by Crippen LogP contribution is -2.04. The molecule has 1 atom stereocenters. The Morgan fingerprint density at radius 3 is 2.81 bits per heavy atom. The van der Waals surface area contributed by atoms with Gasteiger partial charge >= 0.3 is 0 Å². The SMILES string of the molecule is Fc1cc(F)c(NCc2csc(C3CCCO3)n2)cc1F. The van der Waals surface area contributed by atoms with Gasteiger partial charge in [-0.1, -0.05) is 0 Å². The van der Waals surface area contributed by atoms with Gasteiger partial charge < -0.3 is 10.1 Å². The first-order valence-corrected chi connectivity index (χ1v) is 7.46. The van der Waals surface area contributed by atoms with Gasteiger partial charge in [-0.25, -0.2) is 18.2 Å². The topological polar surface area (TPSA) is 34.1 Å². The summed E-state index contributed by atoms with van der Waals surface area (Å²) in [5, 5.41) is 5.47. The van der Waals surface area contributed by atoms with Gasteiger partial charge in [0.05, 0.1) is 17.9 Å². The first-order valence-electron chi connectivity index (χ1n) is 6.58. The number of thiazole rings is 1. The molecule has 1 aliphatic rings. The Morgan fingerprint density at radius 1 is 1.24 bits per heavy atom. The maximum atomic E-state index is 13.5. The maximum Gasteiger partial charge on any atom is 0.161 e. The summed E-state index contributed by atoms with van der Waals surface area (Å²) in [7, 11) is 0. The molecule has 1 aromatic carbocycles. The van der Waals surface area contributed by atoms with E-state index in [1.807, 2.05) is 5.38 Å². The molecule has 1 aromatic heterocycles. The van der Waals surface area contributed by atoms with Crippen molar-refractivity contribution in [3.05, 3.63) is 45.7 Å². The molecule has 3 rings (SSSR count). The third-order valence-electron chi connectivity index (χ3n) is 3.24. The average molecular weight is 314 g/mol. The minimum absolute atomic E-state index is 0.0451.